The molecule has 0 saturated carbocycles. The summed E-state index contributed by atoms with van der Waals surface area (Å²) in [4.78, 5) is 31.2. The summed E-state index contributed by atoms with van der Waals surface area (Å²) in [5, 5.41) is 0. The predicted octanol–water partition coefficient (Wildman–Crippen LogP) is 3.42. The number of carbonyl (C=O) groups excluding carboxylic acids is 2. The van der Waals surface area contributed by atoms with Gasteiger partial charge in [0.05, 0.1) is 0 Å². The molecule has 5 nitrogen and oxygen atoms in total. The number of benzene rings is 2. The molecule has 0 N–H and O–H groups in total. The van der Waals surface area contributed by atoms with Crippen LogP contribution in [0.3, 0.4) is 0 Å². The third kappa shape index (κ3) is 3.46. The minimum atomic E-state index is -0.837. The van der Waals surface area contributed by atoms with E-state index >= 15 is 0 Å². The molecule has 0 bridgehead atoms. The van der Waals surface area contributed by atoms with Gasteiger partial charge in [0.15, 0.2) is 0 Å². The first-order valence-corrected chi connectivity index (χ1v) is 13.8. The number of amides is 2. The van der Waals surface area contributed by atoms with Gasteiger partial charge in [0.25, 0.3) is 0 Å². The van der Waals surface area contributed by atoms with Crippen molar-refractivity contribution in [3.8, 4) is 0 Å². The van der Waals surface area contributed by atoms with Crippen LogP contribution in [0.1, 0.15) is 28.6 Å². The summed E-state index contributed by atoms with van der Waals surface area (Å²) in [5.41, 5.74) is 4.92. The summed E-state index contributed by atoms with van der Waals surface area (Å²) in [6.07, 6.45) is 1.83. The Labute approximate surface area is 211 Å². The zero-order valence-corrected chi connectivity index (χ0v) is 22.9. The maximum absolute atomic E-state index is 12.9. The Morgan fingerprint density at radius 3 is 2.15 bits per heavy atom. The molecule has 2 amide bonds. The van der Waals surface area contributed by atoms with Gasteiger partial charge in [-0.05, 0) is 0 Å². The van der Waals surface area contributed by atoms with Gasteiger partial charge >= 0.3 is 212 Å². The van der Waals surface area contributed by atoms with E-state index < -0.39 is 20.4 Å². The molecule has 0 radical (unpaired) electrons. The van der Waals surface area contributed by atoms with E-state index in [9.17, 15) is 9.59 Å². The SMILES string of the molecule is CN1C(=O)C(=Cc2cc3c([te]2)N(c2ccccc2)c2ccccc2C3(C)C)C(=O)N(C)C1=[Se]. The molecule has 166 valence electrons. The standard InChI is InChI=1S/C26H23N3O2SeTe/c1-26(2)19-12-8-9-13-21(19)29(16-10-6-5-7-11-16)24-20(26)15-17(33-24)14-18-22(30)27(3)25(32)28(4)23(18)31/h5-15H,1-4H3. The van der Waals surface area contributed by atoms with Gasteiger partial charge in [-0.1, -0.05) is 0 Å². The van der Waals surface area contributed by atoms with Crippen molar-refractivity contribution in [2.75, 3.05) is 19.0 Å². The Morgan fingerprint density at radius 2 is 1.48 bits per heavy atom. The van der Waals surface area contributed by atoms with E-state index in [-0.39, 0.29) is 22.8 Å². The van der Waals surface area contributed by atoms with E-state index in [0.717, 1.165) is 9.27 Å². The van der Waals surface area contributed by atoms with Gasteiger partial charge in [-0.2, -0.15) is 0 Å². The van der Waals surface area contributed by atoms with Crippen molar-refractivity contribution in [3.63, 3.8) is 0 Å². The number of hydrogen-bond acceptors (Lipinski definition) is 3. The van der Waals surface area contributed by atoms with Crippen LogP contribution in [0.5, 0.6) is 0 Å². The molecule has 0 aliphatic carbocycles. The Balaban J connectivity index is 1.69. The molecule has 1 saturated heterocycles. The van der Waals surface area contributed by atoms with Crippen molar-refractivity contribution in [2.24, 2.45) is 0 Å². The summed E-state index contributed by atoms with van der Waals surface area (Å²) in [6.45, 7) is 4.52. The summed E-state index contributed by atoms with van der Waals surface area (Å²) in [5.74, 6) is -0.542. The molecule has 2 aliphatic heterocycles. The number of para-hydroxylation sites is 2. The summed E-state index contributed by atoms with van der Waals surface area (Å²) < 4.78 is 2.92. The number of carbonyl (C=O) groups is 2. The van der Waals surface area contributed by atoms with Gasteiger partial charge in [-0.15, -0.1) is 0 Å². The normalized spacial score (nSPS) is 17.3. The van der Waals surface area contributed by atoms with Crippen molar-refractivity contribution in [1.29, 1.82) is 0 Å². The van der Waals surface area contributed by atoms with E-state index in [1.54, 1.807) is 14.1 Å². The van der Waals surface area contributed by atoms with Crippen LogP contribution < -0.4 is 4.90 Å². The molecule has 1 fully saturated rings. The van der Waals surface area contributed by atoms with Crippen LogP contribution in [-0.2, 0) is 15.0 Å². The molecule has 3 heterocycles. The molecular weight excluding hydrogens is 593 g/mol. The molecule has 0 atom stereocenters. The van der Waals surface area contributed by atoms with Crippen LogP contribution in [0.25, 0.3) is 6.08 Å². The Morgan fingerprint density at radius 1 is 0.879 bits per heavy atom. The molecule has 2 aromatic carbocycles. The number of hydrogen-bond donors (Lipinski definition) is 0. The van der Waals surface area contributed by atoms with E-state index in [1.165, 1.54) is 30.3 Å². The first-order valence-electron chi connectivity index (χ1n) is 10.6. The first-order chi connectivity index (χ1) is 15.7. The van der Waals surface area contributed by atoms with Gasteiger partial charge in [-0.25, -0.2) is 0 Å². The molecule has 5 rings (SSSR count). The van der Waals surface area contributed by atoms with Gasteiger partial charge in [-0.3, -0.25) is 0 Å². The number of fused-ring (bicyclic) bond motifs is 2. The fourth-order valence-electron chi connectivity index (χ4n) is 4.49. The maximum atomic E-state index is 12.9. The van der Waals surface area contributed by atoms with Crippen LogP contribution in [0.15, 0.2) is 66.2 Å². The fourth-order valence-corrected chi connectivity index (χ4v) is 8.53. The van der Waals surface area contributed by atoms with E-state index in [2.05, 4.69) is 88.9 Å². The van der Waals surface area contributed by atoms with Crippen LogP contribution in [0.2, 0.25) is 0 Å². The third-order valence-electron chi connectivity index (χ3n) is 6.37. The van der Waals surface area contributed by atoms with Crippen LogP contribution in [-0.4, -0.2) is 76.4 Å². The molecule has 3 aromatic rings. The second-order valence-electron chi connectivity index (χ2n) is 8.75. The van der Waals surface area contributed by atoms with Crippen molar-refractivity contribution >= 4 is 73.6 Å². The van der Waals surface area contributed by atoms with Gasteiger partial charge in [0.2, 0.25) is 0 Å². The monoisotopic (exact) mass is 619 g/mol. The molecule has 1 aromatic heterocycles. The van der Waals surface area contributed by atoms with Crippen LogP contribution in [0, 0.1) is 0 Å². The average molecular weight is 616 g/mol. The van der Waals surface area contributed by atoms with Crippen LogP contribution >= 0.6 is 0 Å². The Bertz CT molecular complexity index is 1320. The Kier molecular flexibility index (Phi) is 5.50. The zero-order valence-electron chi connectivity index (χ0n) is 18.8. The van der Waals surface area contributed by atoms with Crippen molar-refractivity contribution < 1.29 is 9.59 Å². The third-order valence-corrected chi connectivity index (χ3v) is 10.6. The molecule has 2 aliphatic rings. The summed E-state index contributed by atoms with van der Waals surface area (Å²) in [7, 11) is 3.37. The molecule has 33 heavy (non-hydrogen) atoms. The molecule has 0 unspecified atom stereocenters. The Hall–Kier alpha value is -2.42. The predicted molar refractivity (Wildman–Crippen MR) is 134 cm³/mol. The quantitative estimate of drug-likeness (QED) is 0.252. The number of rotatable bonds is 2. The van der Waals surface area contributed by atoms with E-state index in [1.807, 2.05) is 12.1 Å². The number of anilines is 3. The van der Waals surface area contributed by atoms with Crippen LogP contribution in [0.4, 0.5) is 15.1 Å². The van der Waals surface area contributed by atoms with E-state index in [4.69, 9.17) is 0 Å². The second-order valence-corrected chi connectivity index (χ2v) is 12.5. The summed E-state index contributed by atoms with van der Waals surface area (Å²) in [6, 6.07) is 21.2. The number of nitrogens with zero attached hydrogens (tertiary/aromatic N) is 3. The first kappa shape index (κ1) is 22.4. The number of likely N-dealkylation sites (N-methyl/N-ethyl adjacent to an activating group) is 2. The van der Waals surface area contributed by atoms with Crippen molar-refractivity contribution in [2.45, 2.75) is 19.3 Å². The zero-order chi connectivity index (χ0) is 23.5. The van der Waals surface area contributed by atoms with Crippen molar-refractivity contribution in [1.82, 2.24) is 9.80 Å². The fraction of sp³-hybridized carbons (Fsp3) is 0.192. The van der Waals surface area contributed by atoms with Gasteiger partial charge in [0, 0.05) is 0 Å². The summed E-state index contributed by atoms with van der Waals surface area (Å²) >= 11 is 1.98. The van der Waals surface area contributed by atoms with E-state index in [0.29, 0.717) is 4.67 Å². The van der Waals surface area contributed by atoms with Crippen molar-refractivity contribution in [3.05, 3.63) is 80.9 Å². The molecule has 0 spiro atoms. The molecule has 7 heteroatoms. The minimum absolute atomic E-state index is 0.171. The second kappa shape index (κ2) is 8.11. The molecular formula is C26H23N3O2SeTe. The average Bonchev–Trinajstić information content (AvgIpc) is 3.25. The van der Waals surface area contributed by atoms with Gasteiger partial charge in [0.1, 0.15) is 0 Å². The van der Waals surface area contributed by atoms with Gasteiger partial charge < -0.3 is 0 Å². The topological polar surface area (TPSA) is 43.9 Å².